The molecule has 0 spiro atoms. The first-order valence-corrected chi connectivity index (χ1v) is 8.12. The number of rotatable bonds is 4. The van der Waals surface area contributed by atoms with Crippen LogP contribution in [0.25, 0.3) is 0 Å². The second kappa shape index (κ2) is 7.03. The molecule has 0 unspecified atom stereocenters. The van der Waals surface area contributed by atoms with Crippen LogP contribution >= 0.6 is 0 Å². The number of nitrogens with one attached hydrogen (secondary N) is 1. The minimum Gasteiger partial charge on any atom is -0.468 e. The van der Waals surface area contributed by atoms with Gasteiger partial charge in [0.2, 0.25) is 6.04 Å². The number of methoxy groups -OCH3 is 1. The van der Waals surface area contributed by atoms with Crippen molar-refractivity contribution in [3.63, 3.8) is 0 Å². The van der Waals surface area contributed by atoms with Gasteiger partial charge in [-0.3, -0.25) is 20.2 Å². The second-order valence-electron chi connectivity index (χ2n) is 6.27. The monoisotopic (exact) mass is 340 g/mol. The molecule has 0 saturated carbocycles. The summed E-state index contributed by atoms with van der Waals surface area (Å²) in [6.45, 7) is 1.94. The number of ether oxygens (including phenoxy) is 1. The van der Waals surface area contributed by atoms with E-state index in [0.29, 0.717) is 0 Å². The van der Waals surface area contributed by atoms with Gasteiger partial charge in [-0.2, -0.15) is 0 Å². The lowest BCUT2D eigenvalue weighted by Crippen LogP contribution is -2.37. The molecule has 1 fully saturated rings. The molecule has 0 bridgehead atoms. The lowest BCUT2D eigenvalue weighted by Gasteiger charge is -2.19. The molecule has 1 heterocycles. The third kappa shape index (κ3) is 3.25. The Morgan fingerprint density at radius 3 is 2.40 bits per heavy atom. The highest BCUT2D eigenvalue weighted by atomic mass is 16.6. The van der Waals surface area contributed by atoms with Crippen LogP contribution in [0, 0.1) is 17.0 Å². The van der Waals surface area contributed by atoms with Crippen molar-refractivity contribution in [1.82, 2.24) is 5.32 Å². The standard InChI is InChI=1S/C19H20N2O4/c1-12-7-6-10-14(11-12)16-18(21(23)24)15(13-8-4-3-5-9-13)17(20-16)19(22)25-2/h3-11,15-18,20H,1-2H3/t15-,16-,17-,18+/m0/s1. The zero-order valence-electron chi connectivity index (χ0n) is 14.1. The highest BCUT2D eigenvalue weighted by Gasteiger charge is 2.54. The van der Waals surface area contributed by atoms with Gasteiger partial charge in [-0.05, 0) is 18.1 Å². The molecule has 3 rings (SSSR count). The fraction of sp³-hybridized carbons (Fsp3) is 0.316. The Morgan fingerprint density at radius 1 is 1.12 bits per heavy atom. The van der Waals surface area contributed by atoms with Gasteiger partial charge < -0.3 is 4.74 Å². The first-order valence-electron chi connectivity index (χ1n) is 8.12. The molecule has 0 amide bonds. The summed E-state index contributed by atoms with van der Waals surface area (Å²) in [4.78, 5) is 23.9. The molecule has 1 saturated heterocycles. The molecule has 0 radical (unpaired) electrons. The van der Waals surface area contributed by atoms with Gasteiger partial charge in [-0.1, -0.05) is 60.2 Å². The molecule has 2 aromatic rings. The van der Waals surface area contributed by atoms with Gasteiger partial charge in [0.05, 0.1) is 13.0 Å². The molecule has 0 aromatic heterocycles. The first-order chi connectivity index (χ1) is 12.0. The van der Waals surface area contributed by atoms with Gasteiger partial charge in [0.25, 0.3) is 0 Å². The Morgan fingerprint density at radius 2 is 1.80 bits per heavy atom. The summed E-state index contributed by atoms with van der Waals surface area (Å²) in [6.07, 6.45) is 0. The minimum atomic E-state index is -0.965. The summed E-state index contributed by atoms with van der Waals surface area (Å²) < 4.78 is 4.90. The zero-order valence-corrected chi connectivity index (χ0v) is 14.1. The van der Waals surface area contributed by atoms with Crippen molar-refractivity contribution < 1.29 is 14.5 Å². The number of benzene rings is 2. The van der Waals surface area contributed by atoms with Crippen LogP contribution in [0.3, 0.4) is 0 Å². The van der Waals surface area contributed by atoms with Crippen LogP contribution < -0.4 is 5.32 Å². The summed E-state index contributed by atoms with van der Waals surface area (Å²) in [5.74, 6) is -1.09. The predicted molar refractivity (Wildman–Crippen MR) is 92.8 cm³/mol. The van der Waals surface area contributed by atoms with Crippen LogP contribution in [-0.2, 0) is 9.53 Å². The quantitative estimate of drug-likeness (QED) is 0.526. The van der Waals surface area contributed by atoms with Crippen LogP contribution in [0.5, 0.6) is 0 Å². The highest BCUT2D eigenvalue weighted by molar-refractivity contribution is 5.78. The van der Waals surface area contributed by atoms with Crippen molar-refractivity contribution in [1.29, 1.82) is 0 Å². The third-order valence-electron chi connectivity index (χ3n) is 4.71. The lowest BCUT2D eigenvalue weighted by molar-refractivity contribution is -0.527. The molecule has 25 heavy (non-hydrogen) atoms. The van der Waals surface area contributed by atoms with E-state index in [4.69, 9.17) is 4.74 Å². The number of aryl methyl sites for hydroxylation is 1. The molecule has 1 aliphatic heterocycles. The van der Waals surface area contributed by atoms with Gasteiger partial charge in [0.15, 0.2) is 0 Å². The Labute approximate surface area is 146 Å². The maximum atomic E-state index is 12.3. The minimum absolute atomic E-state index is 0.291. The maximum Gasteiger partial charge on any atom is 0.323 e. The fourth-order valence-electron chi connectivity index (χ4n) is 3.62. The van der Waals surface area contributed by atoms with Crippen LogP contribution in [0.2, 0.25) is 0 Å². The number of carbonyl (C=O) groups excluding carboxylic acids is 1. The van der Waals surface area contributed by atoms with Crippen LogP contribution in [0.4, 0.5) is 0 Å². The molecule has 6 nitrogen and oxygen atoms in total. The van der Waals surface area contributed by atoms with Gasteiger partial charge in [-0.15, -0.1) is 0 Å². The van der Waals surface area contributed by atoms with Crippen LogP contribution in [0.1, 0.15) is 28.7 Å². The molecular weight excluding hydrogens is 320 g/mol. The van der Waals surface area contributed by atoms with Gasteiger partial charge in [-0.25, -0.2) is 0 Å². The van der Waals surface area contributed by atoms with E-state index in [2.05, 4.69) is 5.32 Å². The number of hydrogen-bond acceptors (Lipinski definition) is 5. The van der Waals surface area contributed by atoms with E-state index in [1.807, 2.05) is 61.5 Å². The summed E-state index contributed by atoms with van der Waals surface area (Å²) in [5, 5.41) is 15.1. The lowest BCUT2D eigenvalue weighted by atomic mass is 9.85. The molecule has 1 aliphatic rings. The van der Waals surface area contributed by atoms with Crippen LogP contribution in [-0.4, -0.2) is 30.1 Å². The average molecular weight is 340 g/mol. The van der Waals surface area contributed by atoms with Gasteiger partial charge in [0, 0.05) is 4.92 Å². The number of nitro groups is 1. The SMILES string of the molecule is COC(=O)[C@H]1N[C@@H](c2cccc(C)c2)[C@H]([N+](=O)[O-])[C@H]1c1ccccc1. The topological polar surface area (TPSA) is 81.5 Å². The van der Waals surface area contributed by atoms with E-state index in [1.165, 1.54) is 7.11 Å². The van der Waals surface area contributed by atoms with Crippen molar-refractivity contribution in [3.8, 4) is 0 Å². The van der Waals surface area contributed by atoms with E-state index in [-0.39, 0.29) is 4.92 Å². The summed E-state index contributed by atoms with van der Waals surface area (Å²) >= 11 is 0. The maximum absolute atomic E-state index is 12.3. The third-order valence-corrected chi connectivity index (χ3v) is 4.71. The van der Waals surface area contributed by atoms with Gasteiger partial charge in [0.1, 0.15) is 12.1 Å². The van der Waals surface area contributed by atoms with Crippen molar-refractivity contribution in [2.75, 3.05) is 7.11 Å². The second-order valence-corrected chi connectivity index (χ2v) is 6.27. The van der Waals surface area contributed by atoms with E-state index < -0.39 is 30.0 Å². The molecule has 2 aromatic carbocycles. The van der Waals surface area contributed by atoms with Gasteiger partial charge >= 0.3 is 5.97 Å². The molecule has 1 N–H and O–H groups in total. The molecule has 0 aliphatic carbocycles. The molecule has 6 heteroatoms. The van der Waals surface area contributed by atoms with Crippen molar-refractivity contribution in [2.24, 2.45) is 0 Å². The summed E-state index contributed by atoms with van der Waals surface area (Å²) in [7, 11) is 1.30. The van der Waals surface area contributed by atoms with E-state index in [9.17, 15) is 14.9 Å². The number of nitrogens with zero attached hydrogens (tertiary/aromatic N) is 1. The Bertz CT molecular complexity index is 778. The molecular formula is C19H20N2O4. The Balaban J connectivity index is 2.09. The normalized spacial score (nSPS) is 25.5. The summed E-state index contributed by atoms with van der Waals surface area (Å²) in [5.41, 5.74) is 2.57. The van der Waals surface area contributed by atoms with E-state index >= 15 is 0 Å². The summed E-state index contributed by atoms with van der Waals surface area (Å²) in [6, 6.07) is 14.4. The Kier molecular flexibility index (Phi) is 4.81. The zero-order chi connectivity index (χ0) is 18.0. The molecule has 130 valence electrons. The predicted octanol–water partition coefficient (Wildman–Crippen LogP) is 2.61. The first kappa shape index (κ1) is 17.1. The van der Waals surface area contributed by atoms with Crippen LogP contribution in [0.15, 0.2) is 54.6 Å². The van der Waals surface area contributed by atoms with Crippen molar-refractivity contribution in [2.45, 2.75) is 31.0 Å². The number of hydrogen-bond donors (Lipinski definition) is 1. The van der Waals surface area contributed by atoms with E-state index in [1.54, 1.807) is 0 Å². The Hall–Kier alpha value is -2.73. The number of carbonyl (C=O) groups is 1. The fourth-order valence-corrected chi connectivity index (χ4v) is 3.62. The number of esters is 1. The largest absolute Gasteiger partial charge is 0.468 e. The van der Waals surface area contributed by atoms with Crippen molar-refractivity contribution in [3.05, 3.63) is 81.4 Å². The van der Waals surface area contributed by atoms with E-state index in [0.717, 1.165) is 16.7 Å². The van der Waals surface area contributed by atoms with Crippen molar-refractivity contribution >= 4 is 5.97 Å². The molecule has 4 atom stereocenters. The average Bonchev–Trinajstić information content (AvgIpc) is 3.02. The highest BCUT2D eigenvalue weighted by Crippen LogP contribution is 2.40. The smallest absolute Gasteiger partial charge is 0.323 e.